The quantitative estimate of drug-likeness (QED) is 0.237. The molecule has 34 heavy (non-hydrogen) atoms. The van der Waals surface area contributed by atoms with Gasteiger partial charge in [-0.15, -0.1) is 22.7 Å². The zero-order valence-electron chi connectivity index (χ0n) is 18.0. The van der Waals surface area contributed by atoms with Crippen LogP contribution in [0.15, 0.2) is 109 Å². The van der Waals surface area contributed by atoms with Crippen LogP contribution in [0.2, 0.25) is 5.02 Å². The predicted molar refractivity (Wildman–Crippen MR) is 152 cm³/mol. The molecule has 0 aliphatic carbocycles. The fourth-order valence-electron chi connectivity index (χ4n) is 4.75. The van der Waals surface area contributed by atoms with Gasteiger partial charge in [0.2, 0.25) is 0 Å². The summed E-state index contributed by atoms with van der Waals surface area (Å²) in [6.45, 7) is 0. The summed E-state index contributed by atoms with van der Waals surface area (Å²) in [5, 5.41) is 5.86. The second-order valence-corrected chi connectivity index (χ2v) is 11.0. The first-order valence-electron chi connectivity index (χ1n) is 11.1. The van der Waals surface area contributed by atoms with E-state index < -0.39 is 0 Å². The molecule has 1 nitrogen and oxygen atoms in total. The fraction of sp³-hybridized carbons (Fsp3) is 0. The molecule has 7 aromatic rings. The topological polar surface area (TPSA) is 3.24 Å². The standard InChI is InChI=1S/C30H18ClNS2/c31-19-10-14-28-25(16-19)24-13-11-22(18-30(24)34-28)32(20-6-2-1-3-7-20)21-12-15-29-26(17-21)23-8-4-5-9-27(23)33-29/h1-18H. The molecular weight excluding hydrogens is 474 g/mol. The number of thiophene rings is 2. The Kier molecular flexibility index (Phi) is 4.63. The zero-order chi connectivity index (χ0) is 22.6. The van der Waals surface area contributed by atoms with Crippen molar-refractivity contribution in [1.82, 2.24) is 0 Å². The maximum absolute atomic E-state index is 6.29. The number of anilines is 3. The van der Waals surface area contributed by atoms with E-state index >= 15 is 0 Å². The highest BCUT2D eigenvalue weighted by Gasteiger charge is 2.16. The molecule has 4 heteroatoms. The SMILES string of the molecule is Clc1ccc2sc3cc(N(c4ccccc4)c4ccc5sc6ccccc6c5c4)ccc3c2c1. The number of nitrogens with zero attached hydrogens (tertiary/aromatic N) is 1. The van der Waals surface area contributed by atoms with Crippen molar-refractivity contribution in [2.45, 2.75) is 0 Å². The highest BCUT2D eigenvalue weighted by atomic mass is 35.5. The maximum Gasteiger partial charge on any atom is 0.0476 e. The number of para-hydroxylation sites is 1. The van der Waals surface area contributed by atoms with Gasteiger partial charge in [0, 0.05) is 62.4 Å². The van der Waals surface area contributed by atoms with Gasteiger partial charge in [0.25, 0.3) is 0 Å². The first-order chi connectivity index (χ1) is 16.7. The van der Waals surface area contributed by atoms with E-state index in [1.54, 1.807) is 0 Å². The maximum atomic E-state index is 6.29. The van der Waals surface area contributed by atoms with Crippen LogP contribution in [-0.2, 0) is 0 Å². The monoisotopic (exact) mass is 491 g/mol. The Morgan fingerprint density at radius 1 is 0.441 bits per heavy atom. The van der Waals surface area contributed by atoms with Crippen molar-refractivity contribution < 1.29 is 0 Å². The van der Waals surface area contributed by atoms with Crippen molar-refractivity contribution >= 4 is 91.7 Å². The minimum absolute atomic E-state index is 0.776. The summed E-state index contributed by atoms with van der Waals surface area (Å²) in [7, 11) is 0. The van der Waals surface area contributed by atoms with Crippen molar-refractivity contribution in [1.29, 1.82) is 0 Å². The van der Waals surface area contributed by atoms with Crippen molar-refractivity contribution in [3.63, 3.8) is 0 Å². The second kappa shape index (κ2) is 7.85. The van der Waals surface area contributed by atoms with E-state index in [9.17, 15) is 0 Å². The Morgan fingerprint density at radius 3 is 1.94 bits per heavy atom. The van der Waals surface area contributed by atoms with Gasteiger partial charge in [-0.05, 0) is 66.7 Å². The molecule has 0 atom stereocenters. The molecular formula is C30H18ClNS2. The third-order valence-corrected chi connectivity index (χ3v) is 8.83. The summed E-state index contributed by atoms with van der Waals surface area (Å²) in [5.74, 6) is 0. The van der Waals surface area contributed by atoms with Crippen LogP contribution in [0.1, 0.15) is 0 Å². The van der Waals surface area contributed by atoms with Crippen LogP contribution < -0.4 is 4.90 Å². The van der Waals surface area contributed by atoms with E-state index in [0.29, 0.717) is 0 Å². The number of hydrogen-bond donors (Lipinski definition) is 0. The molecule has 0 saturated carbocycles. The molecule has 2 aromatic heterocycles. The first-order valence-corrected chi connectivity index (χ1v) is 13.1. The van der Waals surface area contributed by atoms with E-state index in [-0.39, 0.29) is 0 Å². The Morgan fingerprint density at radius 2 is 1.06 bits per heavy atom. The zero-order valence-corrected chi connectivity index (χ0v) is 20.4. The van der Waals surface area contributed by atoms with Crippen LogP contribution in [0.5, 0.6) is 0 Å². The minimum atomic E-state index is 0.776. The lowest BCUT2D eigenvalue weighted by atomic mass is 10.1. The highest BCUT2D eigenvalue weighted by Crippen LogP contribution is 2.43. The molecule has 5 aromatic carbocycles. The van der Waals surface area contributed by atoms with Crippen molar-refractivity contribution in [2.24, 2.45) is 0 Å². The normalized spacial score (nSPS) is 11.7. The van der Waals surface area contributed by atoms with Gasteiger partial charge in [-0.2, -0.15) is 0 Å². The summed E-state index contributed by atoms with van der Waals surface area (Å²) in [6, 6.07) is 39.0. The Balaban J connectivity index is 1.46. The lowest BCUT2D eigenvalue weighted by Gasteiger charge is -2.25. The molecule has 7 rings (SSSR count). The Bertz CT molecular complexity index is 1830. The molecule has 0 amide bonds. The second-order valence-electron chi connectivity index (χ2n) is 8.37. The average Bonchev–Trinajstić information content (AvgIpc) is 3.42. The number of halogens is 1. The van der Waals surface area contributed by atoms with Gasteiger partial charge in [-0.3, -0.25) is 0 Å². The molecule has 162 valence electrons. The molecule has 0 N–H and O–H groups in total. The predicted octanol–water partition coefficient (Wildman–Crippen LogP) is 10.5. The summed E-state index contributed by atoms with van der Waals surface area (Å²) >= 11 is 9.96. The van der Waals surface area contributed by atoms with E-state index in [2.05, 4.69) is 108 Å². The van der Waals surface area contributed by atoms with Crippen LogP contribution in [0.4, 0.5) is 17.1 Å². The summed E-state index contributed by atoms with van der Waals surface area (Å²) in [5.41, 5.74) is 3.45. The average molecular weight is 492 g/mol. The number of hydrogen-bond acceptors (Lipinski definition) is 3. The van der Waals surface area contributed by atoms with Crippen molar-refractivity contribution in [2.75, 3.05) is 4.90 Å². The van der Waals surface area contributed by atoms with Crippen molar-refractivity contribution in [3.8, 4) is 0 Å². The lowest BCUT2D eigenvalue weighted by Crippen LogP contribution is -2.09. The van der Waals surface area contributed by atoms with Gasteiger partial charge >= 0.3 is 0 Å². The smallest absolute Gasteiger partial charge is 0.0476 e. The summed E-state index contributed by atoms with van der Waals surface area (Å²) < 4.78 is 5.16. The molecule has 0 radical (unpaired) electrons. The van der Waals surface area contributed by atoms with E-state index in [4.69, 9.17) is 11.6 Å². The largest absolute Gasteiger partial charge is 0.310 e. The first kappa shape index (κ1) is 20.0. The molecule has 0 saturated heterocycles. The Labute approximate surface area is 210 Å². The van der Waals surface area contributed by atoms with Gasteiger partial charge in [0.15, 0.2) is 0 Å². The molecule has 2 heterocycles. The van der Waals surface area contributed by atoms with Crippen LogP contribution in [-0.4, -0.2) is 0 Å². The van der Waals surface area contributed by atoms with E-state index in [1.165, 1.54) is 40.3 Å². The number of fused-ring (bicyclic) bond motifs is 6. The number of rotatable bonds is 3. The Hall–Kier alpha value is -3.37. The molecule has 0 spiro atoms. The number of benzene rings is 5. The van der Waals surface area contributed by atoms with Gasteiger partial charge < -0.3 is 4.90 Å². The third-order valence-electron chi connectivity index (χ3n) is 6.31. The molecule has 0 unspecified atom stereocenters. The summed E-state index contributed by atoms with van der Waals surface area (Å²) in [4.78, 5) is 2.35. The lowest BCUT2D eigenvalue weighted by molar-refractivity contribution is 1.30. The molecule has 0 aliphatic heterocycles. The van der Waals surface area contributed by atoms with Gasteiger partial charge in [-0.25, -0.2) is 0 Å². The molecule has 0 bridgehead atoms. The van der Waals surface area contributed by atoms with Crippen LogP contribution in [0.25, 0.3) is 40.3 Å². The van der Waals surface area contributed by atoms with Crippen LogP contribution >= 0.6 is 34.3 Å². The molecule has 0 fully saturated rings. The van der Waals surface area contributed by atoms with Gasteiger partial charge in [0.05, 0.1) is 0 Å². The third kappa shape index (κ3) is 3.20. The highest BCUT2D eigenvalue weighted by molar-refractivity contribution is 7.26. The minimum Gasteiger partial charge on any atom is -0.310 e. The molecule has 0 aliphatic rings. The van der Waals surface area contributed by atoms with E-state index in [1.807, 2.05) is 28.7 Å². The fourth-order valence-corrected chi connectivity index (χ4v) is 7.13. The van der Waals surface area contributed by atoms with Crippen LogP contribution in [0.3, 0.4) is 0 Å². The van der Waals surface area contributed by atoms with Gasteiger partial charge in [0.1, 0.15) is 0 Å². The van der Waals surface area contributed by atoms with Crippen molar-refractivity contribution in [3.05, 3.63) is 114 Å². The van der Waals surface area contributed by atoms with Crippen LogP contribution in [0, 0.1) is 0 Å². The van der Waals surface area contributed by atoms with Gasteiger partial charge in [-0.1, -0.05) is 54.1 Å². The summed E-state index contributed by atoms with van der Waals surface area (Å²) in [6.07, 6.45) is 0. The van der Waals surface area contributed by atoms with E-state index in [0.717, 1.165) is 22.1 Å².